The number of imidazole rings is 1. The summed E-state index contributed by atoms with van der Waals surface area (Å²) in [6, 6.07) is 21.0. The van der Waals surface area contributed by atoms with E-state index in [1.54, 1.807) is 18.3 Å². The predicted molar refractivity (Wildman–Crippen MR) is 147 cm³/mol. The second-order valence-corrected chi connectivity index (χ2v) is 8.71. The highest BCUT2D eigenvalue weighted by Gasteiger charge is 2.16. The Kier molecular flexibility index (Phi) is 7.28. The topological polar surface area (TPSA) is 128 Å². The highest BCUT2D eigenvalue weighted by atomic mass is 16.5. The van der Waals surface area contributed by atoms with Crippen LogP contribution in [0.5, 0.6) is 5.75 Å². The molecule has 9 nitrogen and oxygen atoms in total. The van der Waals surface area contributed by atoms with Crippen LogP contribution in [-0.2, 0) is 11.3 Å². The van der Waals surface area contributed by atoms with E-state index in [9.17, 15) is 4.79 Å². The number of pyridine rings is 2. The molecule has 192 valence electrons. The number of aromatic amines is 1. The highest BCUT2D eigenvalue weighted by molar-refractivity contribution is 5.90. The number of fused-ring (bicyclic) bond motifs is 1. The maximum Gasteiger partial charge on any atom is 0.337 e. The first-order chi connectivity index (χ1) is 18.5. The van der Waals surface area contributed by atoms with Crippen molar-refractivity contribution in [2.24, 2.45) is 5.73 Å². The molecule has 0 aliphatic heterocycles. The normalized spacial score (nSPS) is 10.9. The zero-order chi connectivity index (χ0) is 26.5. The van der Waals surface area contributed by atoms with E-state index in [0.717, 1.165) is 50.8 Å². The lowest BCUT2D eigenvalue weighted by molar-refractivity contribution is 0.0600. The molecule has 0 bridgehead atoms. The van der Waals surface area contributed by atoms with Gasteiger partial charge in [0.1, 0.15) is 23.9 Å². The van der Waals surface area contributed by atoms with Crippen LogP contribution in [0, 0.1) is 6.92 Å². The fraction of sp³-hybridized carbons (Fsp3) is 0.172. The fourth-order valence-corrected chi connectivity index (χ4v) is 4.13. The largest absolute Gasteiger partial charge is 0.491 e. The number of anilines is 1. The number of esters is 1. The Morgan fingerprint density at radius 1 is 1.05 bits per heavy atom. The smallest absolute Gasteiger partial charge is 0.337 e. The molecule has 3 aromatic heterocycles. The summed E-state index contributed by atoms with van der Waals surface area (Å²) in [7, 11) is 1.37. The van der Waals surface area contributed by atoms with Gasteiger partial charge in [-0.3, -0.25) is 9.97 Å². The Morgan fingerprint density at radius 3 is 2.66 bits per heavy atom. The summed E-state index contributed by atoms with van der Waals surface area (Å²) >= 11 is 0. The number of hydrogen-bond acceptors (Lipinski definition) is 8. The highest BCUT2D eigenvalue weighted by Crippen LogP contribution is 2.32. The van der Waals surface area contributed by atoms with E-state index < -0.39 is 0 Å². The van der Waals surface area contributed by atoms with Gasteiger partial charge in [-0.25, -0.2) is 9.78 Å². The van der Waals surface area contributed by atoms with Crippen molar-refractivity contribution < 1.29 is 14.3 Å². The second kappa shape index (κ2) is 11.1. The summed E-state index contributed by atoms with van der Waals surface area (Å²) in [4.78, 5) is 29.3. The molecular weight excluding hydrogens is 480 g/mol. The third-order valence-corrected chi connectivity index (χ3v) is 5.98. The van der Waals surface area contributed by atoms with Gasteiger partial charge in [0.25, 0.3) is 0 Å². The third kappa shape index (κ3) is 5.47. The van der Waals surface area contributed by atoms with E-state index in [4.69, 9.17) is 25.2 Å². The van der Waals surface area contributed by atoms with Crippen LogP contribution in [0.3, 0.4) is 0 Å². The Bertz CT molecular complexity index is 1580. The number of aromatic nitrogens is 4. The molecule has 2 aromatic carbocycles. The number of methoxy groups -OCH3 is 1. The Labute approximate surface area is 220 Å². The second-order valence-electron chi connectivity index (χ2n) is 8.71. The van der Waals surface area contributed by atoms with Crippen molar-refractivity contribution in [1.82, 2.24) is 19.9 Å². The molecule has 38 heavy (non-hydrogen) atoms. The summed E-state index contributed by atoms with van der Waals surface area (Å²) < 4.78 is 10.4. The number of aryl methyl sites for hydroxylation is 1. The van der Waals surface area contributed by atoms with Gasteiger partial charge in [-0.15, -0.1) is 0 Å². The maximum absolute atomic E-state index is 11.7. The monoisotopic (exact) mass is 508 g/mol. The summed E-state index contributed by atoms with van der Waals surface area (Å²) in [6.07, 6.45) is 1.71. The standard InChI is InChI=1S/C29H28N6O3/c1-18-4-3-5-25(33-18)28-27(20-8-11-24-21(14-20)15-23(16-32-24)38-13-12-30)34-26(35-28)17-31-22-9-6-19(7-10-22)29(36)37-2/h3-11,14-16,31H,12-13,17,30H2,1-2H3,(H,34,35). The van der Waals surface area contributed by atoms with Gasteiger partial charge in [0.2, 0.25) is 0 Å². The van der Waals surface area contributed by atoms with Gasteiger partial charge >= 0.3 is 5.97 Å². The molecule has 0 aliphatic rings. The molecule has 0 saturated carbocycles. The van der Waals surface area contributed by atoms with Crippen LogP contribution in [0.2, 0.25) is 0 Å². The van der Waals surface area contributed by atoms with Crippen molar-refractivity contribution in [1.29, 1.82) is 0 Å². The molecule has 0 fully saturated rings. The molecule has 4 N–H and O–H groups in total. The van der Waals surface area contributed by atoms with E-state index in [1.165, 1.54) is 7.11 Å². The Morgan fingerprint density at radius 2 is 1.89 bits per heavy atom. The summed E-state index contributed by atoms with van der Waals surface area (Å²) in [5.41, 5.74) is 12.0. The molecule has 0 atom stereocenters. The molecule has 0 aliphatic carbocycles. The quantitative estimate of drug-likeness (QED) is 0.244. The van der Waals surface area contributed by atoms with Gasteiger partial charge in [-0.05, 0) is 61.5 Å². The number of rotatable bonds is 9. The van der Waals surface area contributed by atoms with Crippen molar-refractivity contribution in [3.8, 4) is 28.4 Å². The number of ether oxygens (including phenoxy) is 2. The molecular formula is C29H28N6O3. The first-order valence-corrected chi connectivity index (χ1v) is 12.2. The maximum atomic E-state index is 11.7. The number of H-pyrrole nitrogens is 1. The fourth-order valence-electron chi connectivity index (χ4n) is 4.13. The van der Waals surface area contributed by atoms with Gasteiger partial charge in [0, 0.05) is 28.9 Å². The Balaban J connectivity index is 1.48. The number of nitrogens with two attached hydrogens (primary N) is 1. The molecule has 0 amide bonds. The molecule has 5 rings (SSSR count). The minimum absolute atomic E-state index is 0.369. The first kappa shape index (κ1) is 24.9. The molecule has 5 aromatic rings. The summed E-state index contributed by atoms with van der Waals surface area (Å²) in [5, 5.41) is 4.30. The van der Waals surface area contributed by atoms with Crippen molar-refractivity contribution >= 4 is 22.6 Å². The molecule has 0 saturated heterocycles. The average molecular weight is 509 g/mol. The summed E-state index contributed by atoms with van der Waals surface area (Å²) in [5.74, 6) is 1.05. The Hall–Kier alpha value is -4.76. The zero-order valence-electron chi connectivity index (χ0n) is 21.2. The zero-order valence-corrected chi connectivity index (χ0v) is 21.2. The van der Waals surface area contributed by atoms with E-state index in [0.29, 0.717) is 31.0 Å². The van der Waals surface area contributed by atoms with E-state index in [-0.39, 0.29) is 5.97 Å². The van der Waals surface area contributed by atoms with Crippen molar-refractivity contribution in [2.45, 2.75) is 13.5 Å². The van der Waals surface area contributed by atoms with Crippen molar-refractivity contribution in [3.63, 3.8) is 0 Å². The third-order valence-electron chi connectivity index (χ3n) is 5.98. The number of hydrogen-bond donors (Lipinski definition) is 3. The summed E-state index contributed by atoms with van der Waals surface area (Å²) in [6.45, 7) is 3.27. The number of carbonyl (C=O) groups excluding carboxylic acids is 1. The number of carbonyl (C=O) groups is 1. The average Bonchev–Trinajstić information content (AvgIpc) is 3.39. The van der Waals surface area contributed by atoms with Crippen LogP contribution in [0.25, 0.3) is 33.5 Å². The van der Waals surface area contributed by atoms with Crippen LogP contribution in [0.4, 0.5) is 5.69 Å². The van der Waals surface area contributed by atoms with E-state index in [1.807, 2.05) is 55.5 Å². The molecule has 0 spiro atoms. The SMILES string of the molecule is COC(=O)c1ccc(NCc2nc(-c3cccc(C)n3)c(-c3ccc4ncc(OCCN)cc4c3)[nH]2)cc1. The van der Waals surface area contributed by atoms with Crippen molar-refractivity contribution in [2.75, 3.05) is 25.6 Å². The van der Waals surface area contributed by atoms with Gasteiger partial charge in [0.05, 0.1) is 42.3 Å². The molecule has 0 unspecified atom stereocenters. The number of nitrogens with zero attached hydrogens (tertiary/aromatic N) is 3. The van der Waals surface area contributed by atoms with Crippen LogP contribution < -0.4 is 15.8 Å². The first-order valence-electron chi connectivity index (χ1n) is 12.2. The van der Waals surface area contributed by atoms with Crippen LogP contribution >= 0.6 is 0 Å². The lowest BCUT2D eigenvalue weighted by Gasteiger charge is -2.08. The van der Waals surface area contributed by atoms with E-state index in [2.05, 4.69) is 21.4 Å². The predicted octanol–water partition coefficient (Wildman–Crippen LogP) is 4.73. The molecule has 3 heterocycles. The minimum atomic E-state index is -0.369. The van der Waals surface area contributed by atoms with Gasteiger partial charge in [0.15, 0.2) is 0 Å². The van der Waals surface area contributed by atoms with Gasteiger partial charge in [-0.2, -0.15) is 0 Å². The lowest BCUT2D eigenvalue weighted by atomic mass is 10.1. The number of nitrogens with one attached hydrogen (secondary N) is 2. The van der Waals surface area contributed by atoms with Crippen LogP contribution in [0.1, 0.15) is 21.9 Å². The van der Waals surface area contributed by atoms with Crippen molar-refractivity contribution in [3.05, 3.63) is 90.0 Å². The van der Waals surface area contributed by atoms with Gasteiger partial charge < -0.3 is 25.5 Å². The number of benzene rings is 2. The lowest BCUT2D eigenvalue weighted by Crippen LogP contribution is -2.10. The van der Waals surface area contributed by atoms with E-state index >= 15 is 0 Å². The molecule has 9 heteroatoms. The van der Waals surface area contributed by atoms with Crippen LogP contribution in [0.15, 0.2) is 72.9 Å². The molecule has 0 radical (unpaired) electrons. The van der Waals surface area contributed by atoms with Crippen LogP contribution in [-0.4, -0.2) is 46.2 Å². The van der Waals surface area contributed by atoms with Gasteiger partial charge in [-0.1, -0.05) is 12.1 Å². The minimum Gasteiger partial charge on any atom is -0.491 e.